The Hall–Kier alpha value is -1.81. The summed E-state index contributed by atoms with van der Waals surface area (Å²) in [4.78, 5) is 25.8. The standard InChI is InChI=1S/C12H13NO3/c14-9-12(16)6-11(15)8-13-7-10-4-2-1-3-5-10/h1-5,7,14H,6,8-9H2. The number of hydrogen-bond donors (Lipinski definition) is 1. The zero-order chi connectivity index (χ0) is 11.8. The molecule has 1 N–H and O–H groups in total. The molecule has 84 valence electrons. The lowest BCUT2D eigenvalue weighted by Crippen LogP contribution is -2.13. The number of carbonyl (C=O) groups is 2. The van der Waals surface area contributed by atoms with Crippen molar-refractivity contribution in [1.29, 1.82) is 0 Å². The Labute approximate surface area is 93.6 Å². The molecular weight excluding hydrogens is 206 g/mol. The Morgan fingerprint density at radius 2 is 1.88 bits per heavy atom. The van der Waals surface area contributed by atoms with E-state index >= 15 is 0 Å². The number of Topliss-reactive ketones (excluding diaryl/α,β-unsaturated/α-hetero) is 2. The molecule has 4 nitrogen and oxygen atoms in total. The highest BCUT2D eigenvalue weighted by Gasteiger charge is 2.06. The van der Waals surface area contributed by atoms with Crippen LogP contribution < -0.4 is 0 Å². The molecule has 1 aromatic rings. The zero-order valence-electron chi connectivity index (χ0n) is 8.80. The van der Waals surface area contributed by atoms with E-state index in [0.29, 0.717) is 0 Å². The smallest absolute Gasteiger partial charge is 0.165 e. The lowest BCUT2D eigenvalue weighted by molar-refractivity contribution is -0.127. The van der Waals surface area contributed by atoms with Crippen LogP contribution in [0.5, 0.6) is 0 Å². The van der Waals surface area contributed by atoms with Gasteiger partial charge >= 0.3 is 0 Å². The maximum Gasteiger partial charge on any atom is 0.165 e. The Morgan fingerprint density at radius 1 is 1.19 bits per heavy atom. The van der Waals surface area contributed by atoms with Crippen molar-refractivity contribution in [2.24, 2.45) is 4.99 Å². The Morgan fingerprint density at radius 3 is 2.50 bits per heavy atom. The van der Waals surface area contributed by atoms with Gasteiger partial charge in [-0.2, -0.15) is 0 Å². The van der Waals surface area contributed by atoms with E-state index < -0.39 is 12.4 Å². The summed E-state index contributed by atoms with van der Waals surface area (Å²) in [5.41, 5.74) is 0.906. The van der Waals surface area contributed by atoms with E-state index in [9.17, 15) is 9.59 Å². The van der Waals surface area contributed by atoms with Gasteiger partial charge in [-0.25, -0.2) is 0 Å². The van der Waals surface area contributed by atoms with Crippen LogP contribution >= 0.6 is 0 Å². The minimum Gasteiger partial charge on any atom is -0.389 e. The Balaban J connectivity index is 2.37. The van der Waals surface area contributed by atoms with Gasteiger partial charge < -0.3 is 5.11 Å². The van der Waals surface area contributed by atoms with Gasteiger partial charge in [-0.05, 0) is 5.56 Å². The number of benzene rings is 1. The average Bonchev–Trinajstić information content (AvgIpc) is 2.30. The largest absolute Gasteiger partial charge is 0.389 e. The van der Waals surface area contributed by atoms with Crippen molar-refractivity contribution < 1.29 is 14.7 Å². The van der Waals surface area contributed by atoms with Crippen molar-refractivity contribution in [1.82, 2.24) is 0 Å². The summed E-state index contributed by atoms with van der Waals surface area (Å²) < 4.78 is 0. The first-order valence-electron chi connectivity index (χ1n) is 4.91. The molecule has 0 aliphatic carbocycles. The number of rotatable bonds is 6. The van der Waals surface area contributed by atoms with Crippen LogP contribution in [-0.4, -0.2) is 36.0 Å². The lowest BCUT2D eigenvalue weighted by Gasteiger charge is -1.94. The van der Waals surface area contributed by atoms with E-state index in [4.69, 9.17) is 5.11 Å². The molecule has 0 aliphatic rings. The third-order valence-corrected chi connectivity index (χ3v) is 1.88. The second-order valence-corrected chi connectivity index (χ2v) is 3.29. The van der Waals surface area contributed by atoms with Crippen molar-refractivity contribution in [3.63, 3.8) is 0 Å². The third kappa shape index (κ3) is 4.61. The van der Waals surface area contributed by atoms with Gasteiger partial charge in [0.1, 0.15) is 6.61 Å². The minimum absolute atomic E-state index is 0.0271. The second kappa shape index (κ2) is 6.63. The Kier molecular flexibility index (Phi) is 5.08. The third-order valence-electron chi connectivity index (χ3n) is 1.88. The molecule has 0 radical (unpaired) electrons. The molecule has 0 spiro atoms. The number of nitrogens with zero attached hydrogens (tertiary/aromatic N) is 1. The number of hydrogen-bond acceptors (Lipinski definition) is 4. The van der Waals surface area contributed by atoms with Gasteiger partial charge in [-0.1, -0.05) is 30.3 Å². The van der Waals surface area contributed by atoms with Crippen molar-refractivity contribution in [2.45, 2.75) is 6.42 Å². The summed E-state index contributed by atoms with van der Waals surface area (Å²) in [7, 11) is 0. The van der Waals surface area contributed by atoms with Gasteiger partial charge in [0.2, 0.25) is 0 Å². The second-order valence-electron chi connectivity index (χ2n) is 3.29. The summed E-state index contributed by atoms with van der Waals surface area (Å²) >= 11 is 0. The van der Waals surface area contributed by atoms with E-state index in [1.807, 2.05) is 30.3 Å². The zero-order valence-corrected chi connectivity index (χ0v) is 8.80. The molecular formula is C12H13NO3. The van der Waals surface area contributed by atoms with Crippen LogP contribution in [0.25, 0.3) is 0 Å². The summed E-state index contributed by atoms with van der Waals surface area (Å²) in [6.45, 7) is -0.616. The monoisotopic (exact) mass is 219 g/mol. The van der Waals surface area contributed by atoms with Crippen molar-refractivity contribution in [2.75, 3.05) is 13.2 Å². The van der Waals surface area contributed by atoms with E-state index in [2.05, 4.69) is 4.99 Å². The maximum absolute atomic E-state index is 11.2. The van der Waals surface area contributed by atoms with Gasteiger partial charge in [0.05, 0.1) is 13.0 Å². The highest BCUT2D eigenvalue weighted by atomic mass is 16.3. The molecule has 0 heterocycles. The van der Waals surface area contributed by atoms with Gasteiger partial charge in [0.15, 0.2) is 11.6 Å². The average molecular weight is 219 g/mol. The number of aliphatic imine (C=N–C) groups is 1. The number of ketones is 2. The molecule has 0 saturated carbocycles. The maximum atomic E-state index is 11.2. The van der Waals surface area contributed by atoms with Gasteiger partial charge in [0, 0.05) is 6.21 Å². The molecule has 0 saturated heterocycles. The highest BCUT2D eigenvalue weighted by Crippen LogP contribution is 1.94. The van der Waals surface area contributed by atoms with Crippen molar-refractivity contribution in [3.05, 3.63) is 35.9 Å². The first kappa shape index (κ1) is 12.3. The predicted molar refractivity (Wildman–Crippen MR) is 60.6 cm³/mol. The topological polar surface area (TPSA) is 66.7 Å². The molecule has 1 aromatic carbocycles. The molecule has 0 atom stereocenters. The van der Waals surface area contributed by atoms with E-state index in [1.54, 1.807) is 6.21 Å². The highest BCUT2D eigenvalue weighted by molar-refractivity contribution is 6.01. The van der Waals surface area contributed by atoms with Crippen LogP contribution in [0.2, 0.25) is 0 Å². The predicted octanol–water partition coefficient (Wildman–Crippen LogP) is 0.626. The molecule has 0 bridgehead atoms. The van der Waals surface area contributed by atoms with E-state index in [0.717, 1.165) is 5.56 Å². The molecule has 16 heavy (non-hydrogen) atoms. The molecule has 1 rings (SSSR count). The van der Waals surface area contributed by atoms with E-state index in [1.165, 1.54) is 0 Å². The van der Waals surface area contributed by atoms with Crippen molar-refractivity contribution in [3.8, 4) is 0 Å². The van der Waals surface area contributed by atoms with Gasteiger partial charge in [0.25, 0.3) is 0 Å². The summed E-state index contributed by atoms with van der Waals surface area (Å²) in [6.07, 6.45) is 1.34. The van der Waals surface area contributed by atoms with Gasteiger partial charge in [-0.15, -0.1) is 0 Å². The number of aliphatic hydroxyl groups is 1. The minimum atomic E-state index is -0.589. The van der Waals surface area contributed by atoms with Crippen LogP contribution in [0.1, 0.15) is 12.0 Å². The normalized spacial score (nSPS) is 10.6. The first-order chi connectivity index (χ1) is 7.72. The first-order valence-corrected chi connectivity index (χ1v) is 4.91. The lowest BCUT2D eigenvalue weighted by atomic mass is 10.2. The van der Waals surface area contributed by atoms with Crippen LogP contribution in [-0.2, 0) is 9.59 Å². The molecule has 4 heteroatoms. The summed E-state index contributed by atoms with van der Waals surface area (Å²) in [6, 6.07) is 9.37. The van der Waals surface area contributed by atoms with Crippen LogP contribution in [0, 0.1) is 0 Å². The molecule has 0 amide bonds. The van der Waals surface area contributed by atoms with Gasteiger partial charge in [-0.3, -0.25) is 14.6 Å². The number of aliphatic hydroxyl groups excluding tert-OH is 1. The fourth-order valence-electron chi connectivity index (χ4n) is 1.12. The van der Waals surface area contributed by atoms with Crippen molar-refractivity contribution >= 4 is 17.8 Å². The fraction of sp³-hybridized carbons (Fsp3) is 0.250. The van der Waals surface area contributed by atoms with Crippen LogP contribution in [0.3, 0.4) is 0 Å². The summed E-state index contributed by atoms with van der Waals surface area (Å²) in [5, 5.41) is 8.45. The van der Waals surface area contributed by atoms with Crippen LogP contribution in [0.4, 0.5) is 0 Å². The Bertz CT molecular complexity index is 385. The number of carbonyl (C=O) groups excluding carboxylic acids is 2. The molecule has 0 aromatic heterocycles. The molecule has 0 unspecified atom stereocenters. The fourth-order valence-corrected chi connectivity index (χ4v) is 1.12. The SMILES string of the molecule is O=C(CO)CC(=O)CN=Cc1ccccc1. The molecule has 0 aliphatic heterocycles. The van der Waals surface area contributed by atoms with E-state index in [-0.39, 0.29) is 18.7 Å². The summed E-state index contributed by atoms with van der Waals surface area (Å²) in [5.74, 6) is -0.758. The quantitative estimate of drug-likeness (QED) is 0.563. The van der Waals surface area contributed by atoms with Crippen LogP contribution in [0.15, 0.2) is 35.3 Å². The molecule has 0 fully saturated rings.